The number of fused-ring (bicyclic) bond motifs is 1. The molecule has 0 spiro atoms. The van der Waals surface area contributed by atoms with E-state index < -0.39 is 22.5 Å². The number of anilines is 2. The molecule has 0 saturated heterocycles. The van der Waals surface area contributed by atoms with Crippen molar-refractivity contribution in [3.63, 3.8) is 0 Å². The van der Waals surface area contributed by atoms with Gasteiger partial charge in [0, 0.05) is 17.3 Å². The smallest absolute Gasteiger partial charge is 0.308 e. The quantitative estimate of drug-likeness (QED) is 0.619. The number of amides is 1. The zero-order chi connectivity index (χ0) is 21.3. The lowest BCUT2D eigenvalue weighted by atomic mass is 10.2. The first-order valence-electron chi connectivity index (χ1n) is 8.77. The first kappa shape index (κ1) is 21.4. The van der Waals surface area contributed by atoms with E-state index in [0.29, 0.717) is 28.5 Å². The number of carbonyl (C=O) groups is 1. The summed E-state index contributed by atoms with van der Waals surface area (Å²) < 4.78 is 28.0. The summed E-state index contributed by atoms with van der Waals surface area (Å²) in [6.07, 6.45) is 1.04. The van der Waals surface area contributed by atoms with Crippen LogP contribution in [0.4, 0.5) is 11.4 Å². The van der Waals surface area contributed by atoms with Gasteiger partial charge in [-0.25, -0.2) is 8.42 Å². The third-order valence-electron chi connectivity index (χ3n) is 4.40. The Balaban J connectivity index is 1.86. The van der Waals surface area contributed by atoms with E-state index in [1.165, 1.54) is 6.07 Å². The van der Waals surface area contributed by atoms with Crippen molar-refractivity contribution in [1.82, 2.24) is 4.57 Å². The fraction of sp³-hybridized carbons (Fsp3) is 0.263. The fourth-order valence-electron chi connectivity index (χ4n) is 3.01. The Bertz CT molecular complexity index is 1250. The van der Waals surface area contributed by atoms with Gasteiger partial charge in [-0.1, -0.05) is 29.0 Å². The Hall–Kier alpha value is -2.36. The maximum Gasteiger partial charge on any atom is 0.308 e. The van der Waals surface area contributed by atoms with E-state index in [-0.39, 0.29) is 4.87 Å². The molecule has 0 aliphatic carbocycles. The molecule has 29 heavy (non-hydrogen) atoms. The van der Waals surface area contributed by atoms with Crippen LogP contribution in [0.25, 0.3) is 10.2 Å². The molecule has 1 aromatic heterocycles. The van der Waals surface area contributed by atoms with Gasteiger partial charge in [0.2, 0.25) is 15.9 Å². The number of nitrogens with zero attached hydrogens (tertiary/aromatic N) is 2. The van der Waals surface area contributed by atoms with Crippen LogP contribution in [0, 0.1) is 6.92 Å². The van der Waals surface area contributed by atoms with Crippen LogP contribution >= 0.6 is 22.9 Å². The third kappa shape index (κ3) is 4.63. The van der Waals surface area contributed by atoms with E-state index in [1.54, 1.807) is 41.8 Å². The Morgan fingerprint density at radius 2 is 1.97 bits per heavy atom. The highest BCUT2D eigenvalue weighted by Gasteiger charge is 2.23. The van der Waals surface area contributed by atoms with Crippen LogP contribution in [-0.2, 0) is 21.4 Å². The van der Waals surface area contributed by atoms with Crippen LogP contribution in [0.2, 0.25) is 5.02 Å². The molecular formula is C19H20ClN3O4S2. The van der Waals surface area contributed by atoms with Crippen molar-refractivity contribution in [1.29, 1.82) is 0 Å². The van der Waals surface area contributed by atoms with Crippen molar-refractivity contribution in [2.75, 3.05) is 22.4 Å². The average Bonchev–Trinajstić information content (AvgIpc) is 2.95. The molecule has 3 rings (SSSR count). The normalized spacial score (nSPS) is 11.6. The van der Waals surface area contributed by atoms with Crippen LogP contribution < -0.4 is 14.5 Å². The van der Waals surface area contributed by atoms with E-state index >= 15 is 0 Å². The number of nitrogens with one attached hydrogen (secondary N) is 1. The molecule has 7 nitrogen and oxygen atoms in total. The first-order chi connectivity index (χ1) is 13.6. The molecule has 154 valence electrons. The Morgan fingerprint density at radius 3 is 2.62 bits per heavy atom. The third-order valence-corrected chi connectivity index (χ3v) is 6.70. The summed E-state index contributed by atoms with van der Waals surface area (Å²) in [5, 5.41) is 3.08. The molecule has 0 radical (unpaired) electrons. The predicted molar refractivity (Wildman–Crippen MR) is 119 cm³/mol. The number of sulfonamides is 1. The van der Waals surface area contributed by atoms with Crippen LogP contribution in [0.1, 0.15) is 12.5 Å². The van der Waals surface area contributed by atoms with Crippen molar-refractivity contribution in [3.05, 3.63) is 56.7 Å². The van der Waals surface area contributed by atoms with Gasteiger partial charge in [0.15, 0.2) is 0 Å². The summed E-state index contributed by atoms with van der Waals surface area (Å²) in [6.45, 7) is 3.80. The topological polar surface area (TPSA) is 88.5 Å². The van der Waals surface area contributed by atoms with Crippen molar-refractivity contribution in [3.8, 4) is 0 Å². The number of hydrogen-bond donors (Lipinski definition) is 1. The maximum absolute atomic E-state index is 12.6. The first-order valence-corrected chi connectivity index (χ1v) is 11.8. The number of hydrogen-bond acceptors (Lipinski definition) is 5. The number of aryl methyl sites for hydroxylation is 2. The van der Waals surface area contributed by atoms with Crippen LogP contribution in [0.15, 0.2) is 41.2 Å². The number of benzene rings is 2. The van der Waals surface area contributed by atoms with Gasteiger partial charge in [-0.3, -0.25) is 18.5 Å². The van der Waals surface area contributed by atoms with Gasteiger partial charge in [0.05, 0.1) is 22.2 Å². The summed E-state index contributed by atoms with van der Waals surface area (Å²) in [4.78, 5) is 24.5. The monoisotopic (exact) mass is 453 g/mol. The lowest BCUT2D eigenvalue weighted by Gasteiger charge is -2.23. The number of aromatic nitrogens is 1. The van der Waals surface area contributed by atoms with Crippen molar-refractivity contribution < 1.29 is 13.2 Å². The Kier molecular flexibility index (Phi) is 6.02. The van der Waals surface area contributed by atoms with E-state index in [9.17, 15) is 18.0 Å². The minimum absolute atomic E-state index is 0.0642. The molecule has 0 bridgehead atoms. The molecular weight excluding hydrogens is 434 g/mol. The van der Waals surface area contributed by atoms with Gasteiger partial charge < -0.3 is 5.32 Å². The Morgan fingerprint density at radius 1 is 1.24 bits per heavy atom. The van der Waals surface area contributed by atoms with Crippen molar-refractivity contribution in [2.45, 2.75) is 20.4 Å². The number of rotatable bonds is 6. The largest absolute Gasteiger partial charge is 0.324 e. The minimum Gasteiger partial charge on any atom is -0.324 e. The molecule has 1 N–H and O–H groups in total. The van der Waals surface area contributed by atoms with Crippen LogP contribution in [0.5, 0.6) is 0 Å². The second kappa shape index (κ2) is 8.17. The van der Waals surface area contributed by atoms with Crippen molar-refractivity contribution >= 4 is 60.5 Å². The number of halogens is 1. The highest BCUT2D eigenvalue weighted by molar-refractivity contribution is 7.92. The van der Waals surface area contributed by atoms with E-state index in [2.05, 4.69) is 5.32 Å². The molecule has 0 saturated carbocycles. The average molecular weight is 454 g/mol. The minimum atomic E-state index is -3.71. The second-order valence-corrected chi connectivity index (χ2v) is 9.88. The summed E-state index contributed by atoms with van der Waals surface area (Å²) in [5.74, 6) is -0.503. The van der Waals surface area contributed by atoms with Gasteiger partial charge in [-0.15, -0.1) is 0 Å². The predicted octanol–water partition coefficient (Wildman–Crippen LogP) is 3.45. The van der Waals surface area contributed by atoms with Crippen LogP contribution in [-0.4, -0.2) is 31.7 Å². The molecule has 0 unspecified atom stereocenters. The molecule has 1 amide bonds. The number of carbonyl (C=O) groups excluding carboxylic acids is 1. The SMILES string of the molecule is CCn1c(=O)sc2cc(NC(=O)CN(c3cc(Cl)ccc3C)S(C)(=O)=O)ccc21. The molecule has 0 fully saturated rings. The summed E-state index contributed by atoms with van der Waals surface area (Å²) in [6, 6.07) is 10.0. The summed E-state index contributed by atoms with van der Waals surface area (Å²) in [7, 11) is -3.71. The summed E-state index contributed by atoms with van der Waals surface area (Å²) >= 11 is 7.11. The zero-order valence-corrected chi connectivity index (χ0v) is 18.5. The fourth-order valence-corrected chi connectivity index (χ4v) is 5.07. The van der Waals surface area contributed by atoms with Gasteiger partial charge in [0.1, 0.15) is 6.54 Å². The standard InChI is InChI=1S/C19H20ClN3O4S2/c1-4-22-15-8-7-14(10-17(15)28-19(22)25)21-18(24)11-23(29(3,26)27)16-9-13(20)6-5-12(16)2/h5-10H,4,11H2,1-3H3,(H,21,24). The molecule has 0 aliphatic rings. The molecule has 0 aliphatic heterocycles. The van der Waals surface area contributed by atoms with E-state index in [1.807, 2.05) is 6.92 Å². The van der Waals surface area contributed by atoms with Gasteiger partial charge in [0.25, 0.3) is 0 Å². The lowest BCUT2D eigenvalue weighted by molar-refractivity contribution is -0.114. The van der Waals surface area contributed by atoms with E-state index in [4.69, 9.17) is 11.6 Å². The maximum atomic E-state index is 12.6. The van der Waals surface area contributed by atoms with Gasteiger partial charge in [-0.05, 0) is 49.7 Å². The lowest BCUT2D eigenvalue weighted by Crippen LogP contribution is -2.37. The van der Waals surface area contributed by atoms with Gasteiger partial charge >= 0.3 is 4.87 Å². The van der Waals surface area contributed by atoms with Gasteiger partial charge in [-0.2, -0.15) is 0 Å². The molecule has 3 aromatic rings. The molecule has 1 heterocycles. The summed E-state index contributed by atoms with van der Waals surface area (Å²) in [5.41, 5.74) is 2.32. The highest BCUT2D eigenvalue weighted by atomic mass is 35.5. The number of thiazole rings is 1. The molecule has 0 atom stereocenters. The van der Waals surface area contributed by atoms with Crippen molar-refractivity contribution in [2.24, 2.45) is 0 Å². The molecule has 2 aromatic carbocycles. The Labute approximate surface area is 177 Å². The van der Waals surface area contributed by atoms with Crippen LogP contribution in [0.3, 0.4) is 0 Å². The highest BCUT2D eigenvalue weighted by Crippen LogP contribution is 2.27. The molecule has 10 heteroatoms. The van der Waals surface area contributed by atoms with E-state index in [0.717, 1.165) is 32.1 Å². The second-order valence-electron chi connectivity index (χ2n) is 6.54. The zero-order valence-electron chi connectivity index (χ0n) is 16.1.